The van der Waals surface area contributed by atoms with Crippen LogP contribution in [-0.4, -0.2) is 48.6 Å². The van der Waals surface area contributed by atoms with Crippen LogP contribution in [0.2, 0.25) is 0 Å². The van der Waals surface area contributed by atoms with E-state index in [1.165, 1.54) is 5.56 Å². The quantitative estimate of drug-likeness (QED) is 0.853. The number of nitrogens with one attached hydrogen (secondary N) is 1. The Morgan fingerprint density at radius 1 is 1.14 bits per heavy atom. The minimum absolute atomic E-state index is 0.0152. The van der Waals surface area contributed by atoms with E-state index in [-0.39, 0.29) is 11.3 Å². The van der Waals surface area contributed by atoms with Crippen molar-refractivity contribution in [1.29, 1.82) is 0 Å². The van der Waals surface area contributed by atoms with Gasteiger partial charge in [-0.1, -0.05) is 6.92 Å². The first-order valence-corrected chi connectivity index (χ1v) is 10.9. The molecule has 5 rings (SSSR count). The fourth-order valence-corrected chi connectivity index (χ4v) is 5.37. The van der Waals surface area contributed by atoms with E-state index in [0.29, 0.717) is 13.0 Å². The highest BCUT2D eigenvalue weighted by Crippen LogP contribution is 2.46. The molecule has 0 aromatic carbocycles. The van der Waals surface area contributed by atoms with E-state index in [4.69, 9.17) is 9.97 Å². The van der Waals surface area contributed by atoms with Crippen molar-refractivity contribution in [3.05, 3.63) is 28.7 Å². The highest BCUT2D eigenvalue weighted by Gasteiger charge is 2.45. The predicted molar refractivity (Wildman–Crippen MR) is 109 cm³/mol. The summed E-state index contributed by atoms with van der Waals surface area (Å²) in [6.45, 7) is 7.21. The zero-order chi connectivity index (χ0) is 20.0. The van der Waals surface area contributed by atoms with Gasteiger partial charge in [0.25, 0.3) is 0 Å². The molecular formula is C21H29N7O. The Kier molecular flexibility index (Phi) is 4.52. The topological polar surface area (TPSA) is 88.8 Å². The first kappa shape index (κ1) is 18.5. The number of hydrogen-bond acceptors (Lipinski definition) is 6. The molecule has 1 unspecified atom stereocenters. The van der Waals surface area contributed by atoms with E-state index in [9.17, 15) is 4.79 Å². The number of rotatable bonds is 4. The minimum Gasteiger partial charge on any atom is -0.362 e. The maximum atomic E-state index is 12.3. The Bertz CT molecular complexity index is 953. The maximum absolute atomic E-state index is 12.3. The molecule has 0 saturated carbocycles. The minimum atomic E-state index is -0.0152. The standard InChI is InChI=1S/C21H29N7O/c1-3-18(29)27-10-5-8-21(13-27)9-7-15-19(21)23-14(2)24-20(15)22-12-17-26-25-16-6-4-11-28(16)17/h3-13H2,1-2H3,(H,22,23,24). The van der Waals surface area contributed by atoms with Gasteiger partial charge in [0.15, 0.2) is 5.82 Å². The van der Waals surface area contributed by atoms with Gasteiger partial charge < -0.3 is 14.8 Å². The summed E-state index contributed by atoms with van der Waals surface area (Å²) in [5.41, 5.74) is 2.37. The molecule has 0 radical (unpaired) electrons. The maximum Gasteiger partial charge on any atom is 0.222 e. The number of aryl methyl sites for hydroxylation is 2. The van der Waals surface area contributed by atoms with Gasteiger partial charge in [0.05, 0.1) is 12.2 Å². The van der Waals surface area contributed by atoms with Crippen LogP contribution in [0.3, 0.4) is 0 Å². The summed E-state index contributed by atoms with van der Waals surface area (Å²) in [5.74, 6) is 4.04. The molecular weight excluding hydrogens is 366 g/mol. The van der Waals surface area contributed by atoms with Crippen LogP contribution in [0.15, 0.2) is 0 Å². The molecule has 3 aliphatic rings. The Labute approximate surface area is 171 Å². The molecule has 1 spiro atoms. The number of fused-ring (bicyclic) bond motifs is 3. The molecule has 1 aliphatic carbocycles. The Hall–Kier alpha value is -2.51. The van der Waals surface area contributed by atoms with E-state index in [0.717, 1.165) is 87.1 Å². The molecule has 8 nitrogen and oxygen atoms in total. The van der Waals surface area contributed by atoms with Crippen molar-refractivity contribution in [1.82, 2.24) is 29.6 Å². The fourth-order valence-electron chi connectivity index (χ4n) is 5.37. The van der Waals surface area contributed by atoms with Crippen LogP contribution in [0.4, 0.5) is 5.82 Å². The lowest BCUT2D eigenvalue weighted by Gasteiger charge is -2.40. The third-order valence-corrected chi connectivity index (χ3v) is 6.81. The summed E-state index contributed by atoms with van der Waals surface area (Å²) in [6.07, 6.45) is 6.89. The number of likely N-dealkylation sites (tertiary alicyclic amines) is 1. The number of hydrogen-bond donors (Lipinski definition) is 1. The highest BCUT2D eigenvalue weighted by atomic mass is 16.2. The van der Waals surface area contributed by atoms with Crippen molar-refractivity contribution in [3.63, 3.8) is 0 Å². The molecule has 2 aromatic heterocycles. The van der Waals surface area contributed by atoms with Crippen LogP contribution < -0.4 is 5.32 Å². The number of nitrogens with zero attached hydrogens (tertiary/aromatic N) is 6. The summed E-state index contributed by atoms with van der Waals surface area (Å²) in [5, 5.41) is 12.2. The first-order valence-electron chi connectivity index (χ1n) is 10.9. The first-order chi connectivity index (χ1) is 14.1. The van der Waals surface area contributed by atoms with E-state index in [1.54, 1.807) is 0 Å². The SMILES string of the molecule is CCC(=O)N1CCCC2(CCc3c(NCc4nnc5n4CCC5)nc(C)nc32)C1. The second-order valence-electron chi connectivity index (χ2n) is 8.64. The lowest BCUT2D eigenvalue weighted by atomic mass is 9.77. The zero-order valence-corrected chi connectivity index (χ0v) is 17.4. The molecule has 2 aliphatic heterocycles. The number of piperidine rings is 1. The third kappa shape index (κ3) is 3.09. The van der Waals surface area contributed by atoms with Gasteiger partial charge >= 0.3 is 0 Å². The van der Waals surface area contributed by atoms with Gasteiger partial charge in [-0.2, -0.15) is 0 Å². The number of carbonyl (C=O) groups is 1. The van der Waals surface area contributed by atoms with Crippen LogP contribution in [0.5, 0.6) is 0 Å². The Morgan fingerprint density at radius 3 is 2.90 bits per heavy atom. The number of aromatic nitrogens is 5. The third-order valence-electron chi connectivity index (χ3n) is 6.81. The van der Waals surface area contributed by atoms with Gasteiger partial charge in [-0.15, -0.1) is 10.2 Å². The smallest absolute Gasteiger partial charge is 0.222 e. The van der Waals surface area contributed by atoms with E-state index in [1.807, 2.05) is 18.7 Å². The van der Waals surface area contributed by atoms with Crippen molar-refractivity contribution in [2.24, 2.45) is 0 Å². The van der Waals surface area contributed by atoms with Gasteiger partial charge in [-0.3, -0.25) is 4.79 Å². The molecule has 4 heterocycles. The summed E-state index contributed by atoms with van der Waals surface area (Å²) in [7, 11) is 0. The highest BCUT2D eigenvalue weighted by molar-refractivity contribution is 5.76. The number of anilines is 1. The van der Waals surface area contributed by atoms with E-state index < -0.39 is 0 Å². The molecule has 1 atom stereocenters. The summed E-state index contributed by atoms with van der Waals surface area (Å²) in [6, 6.07) is 0. The molecule has 1 N–H and O–H groups in total. The van der Waals surface area contributed by atoms with Gasteiger partial charge in [-0.05, 0) is 39.0 Å². The van der Waals surface area contributed by atoms with E-state index >= 15 is 0 Å². The van der Waals surface area contributed by atoms with Crippen LogP contribution in [0.1, 0.15) is 67.8 Å². The predicted octanol–water partition coefficient (Wildman–Crippen LogP) is 2.15. The fraction of sp³-hybridized carbons (Fsp3) is 0.667. The van der Waals surface area contributed by atoms with Crippen LogP contribution in [-0.2, 0) is 36.1 Å². The van der Waals surface area contributed by atoms with Crippen LogP contribution in [0, 0.1) is 6.92 Å². The summed E-state index contributed by atoms with van der Waals surface area (Å²) < 4.78 is 2.22. The van der Waals surface area contributed by atoms with Crippen molar-refractivity contribution >= 4 is 11.7 Å². The molecule has 2 aromatic rings. The lowest BCUT2D eigenvalue weighted by molar-refractivity contribution is -0.133. The van der Waals surface area contributed by atoms with Gasteiger partial charge in [0, 0.05) is 43.5 Å². The van der Waals surface area contributed by atoms with Gasteiger partial charge in [0.1, 0.15) is 17.5 Å². The number of carbonyl (C=O) groups excluding carboxylic acids is 1. The van der Waals surface area contributed by atoms with Gasteiger partial charge in [0.2, 0.25) is 5.91 Å². The molecule has 0 bridgehead atoms. The average Bonchev–Trinajstić information content (AvgIpc) is 3.42. The second-order valence-corrected chi connectivity index (χ2v) is 8.64. The van der Waals surface area contributed by atoms with Gasteiger partial charge in [-0.25, -0.2) is 9.97 Å². The Balaban J connectivity index is 1.42. The van der Waals surface area contributed by atoms with Crippen molar-refractivity contribution < 1.29 is 4.79 Å². The summed E-state index contributed by atoms with van der Waals surface area (Å²) >= 11 is 0. The summed E-state index contributed by atoms with van der Waals surface area (Å²) in [4.78, 5) is 24.0. The van der Waals surface area contributed by atoms with Crippen LogP contribution >= 0.6 is 0 Å². The Morgan fingerprint density at radius 2 is 2.03 bits per heavy atom. The van der Waals surface area contributed by atoms with Crippen molar-refractivity contribution in [2.75, 3.05) is 18.4 Å². The molecule has 1 saturated heterocycles. The lowest BCUT2D eigenvalue weighted by Crippen LogP contribution is -2.47. The number of amides is 1. The molecule has 1 amide bonds. The molecule has 29 heavy (non-hydrogen) atoms. The molecule has 154 valence electrons. The molecule has 1 fully saturated rings. The monoisotopic (exact) mass is 395 g/mol. The normalized spacial score (nSPS) is 22.8. The average molecular weight is 396 g/mol. The van der Waals surface area contributed by atoms with Crippen LogP contribution in [0.25, 0.3) is 0 Å². The molecule has 8 heteroatoms. The van der Waals surface area contributed by atoms with Crippen molar-refractivity contribution in [3.8, 4) is 0 Å². The van der Waals surface area contributed by atoms with E-state index in [2.05, 4.69) is 20.1 Å². The zero-order valence-electron chi connectivity index (χ0n) is 17.4. The van der Waals surface area contributed by atoms with Crippen molar-refractivity contribution in [2.45, 2.75) is 77.3 Å². The second kappa shape index (κ2) is 7.07. The largest absolute Gasteiger partial charge is 0.362 e.